The van der Waals surface area contributed by atoms with Crippen molar-refractivity contribution in [2.24, 2.45) is 0 Å². The average Bonchev–Trinajstić information content (AvgIpc) is 2.87. The molecule has 2 rings (SSSR count). The van der Waals surface area contributed by atoms with Gasteiger partial charge in [0.15, 0.2) is 0 Å². The van der Waals surface area contributed by atoms with Crippen molar-refractivity contribution in [1.82, 2.24) is 29.9 Å². The Labute approximate surface area is 212 Å². The van der Waals surface area contributed by atoms with Gasteiger partial charge in [0.05, 0.1) is 0 Å². The van der Waals surface area contributed by atoms with Gasteiger partial charge < -0.3 is 42.5 Å². The van der Waals surface area contributed by atoms with E-state index in [1.807, 2.05) is 0 Å². The van der Waals surface area contributed by atoms with Crippen LogP contribution in [0.3, 0.4) is 0 Å². The highest BCUT2D eigenvalue weighted by Gasteiger charge is 2.07. The average molecular weight is 507 g/mol. The molecule has 0 amide bonds. The van der Waals surface area contributed by atoms with E-state index in [0.717, 1.165) is 84.0 Å². The molecular weight excluding hydrogens is 464 g/mol. The van der Waals surface area contributed by atoms with E-state index in [-0.39, 0.29) is 19.2 Å². The summed E-state index contributed by atoms with van der Waals surface area (Å²) < 4.78 is 0. The van der Waals surface area contributed by atoms with Gasteiger partial charge in [-0.2, -0.15) is 29.9 Å². The molecule has 0 saturated carbocycles. The van der Waals surface area contributed by atoms with Crippen LogP contribution in [0.25, 0.3) is 0 Å². The predicted molar refractivity (Wildman–Crippen MR) is 143 cm³/mol. The lowest BCUT2D eigenvalue weighted by Crippen LogP contribution is -2.14. The molecule has 0 saturated heterocycles. The molecule has 0 radical (unpaired) electrons. The minimum absolute atomic E-state index is 0.177. The minimum atomic E-state index is 0.177. The van der Waals surface area contributed by atoms with E-state index >= 15 is 0 Å². The Morgan fingerprint density at radius 2 is 0.833 bits per heavy atom. The van der Waals surface area contributed by atoms with Gasteiger partial charge in [0, 0.05) is 46.4 Å². The molecule has 0 aliphatic heterocycles. The first-order chi connectivity index (χ1) is 17.6. The molecule has 0 atom stereocenters. The topological polar surface area (TPSA) is 204 Å². The largest absolute Gasteiger partial charge is 0.396 e. The Morgan fingerprint density at radius 1 is 0.500 bits per heavy atom. The lowest BCUT2D eigenvalue weighted by molar-refractivity contribution is 0.283. The third kappa shape index (κ3) is 12.4. The number of nitrogens with two attached hydrogens (primary N) is 1. The summed E-state index contributed by atoms with van der Waals surface area (Å²) in [5.74, 6) is 2.65. The maximum absolute atomic E-state index is 8.92. The highest BCUT2D eigenvalue weighted by Crippen LogP contribution is 2.11. The molecule has 0 aliphatic rings. The quantitative estimate of drug-likeness (QED) is 0.113. The first kappa shape index (κ1) is 29.0. The van der Waals surface area contributed by atoms with Crippen molar-refractivity contribution in [2.45, 2.75) is 57.8 Å². The molecule has 0 fully saturated rings. The number of aliphatic hydroxyl groups is 2. The Kier molecular flexibility index (Phi) is 14.5. The number of hydrogen-bond acceptors (Lipinski definition) is 14. The molecular formula is C22H42N12O2. The first-order valence-electron chi connectivity index (χ1n) is 12.8. The van der Waals surface area contributed by atoms with E-state index in [0.29, 0.717) is 29.7 Å². The van der Waals surface area contributed by atoms with Crippen LogP contribution in [-0.4, -0.2) is 86.6 Å². The monoisotopic (exact) mass is 506 g/mol. The van der Waals surface area contributed by atoms with Gasteiger partial charge in [-0.25, -0.2) is 0 Å². The number of nitrogens with zero attached hydrogens (tertiary/aromatic N) is 6. The number of unbranched alkanes of at least 4 members (excludes halogenated alkanes) is 6. The van der Waals surface area contributed by atoms with E-state index in [4.69, 9.17) is 15.9 Å². The number of hydrogen-bond donors (Lipinski definition) is 8. The SMILES string of the molecule is CNc1nc(N)nc(NCCCCCNc2nc(NCCCCCO)nc(NCCCCCO)n2)n1. The summed E-state index contributed by atoms with van der Waals surface area (Å²) in [5, 5.41) is 33.7. The zero-order chi connectivity index (χ0) is 25.8. The second-order valence-corrected chi connectivity index (χ2v) is 8.23. The van der Waals surface area contributed by atoms with Crippen LogP contribution in [0.15, 0.2) is 0 Å². The lowest BCUT2D eigenvalue weighted by atomic mass is 10.2. The van der Waals surface area contributed by atoms with Gasteiger partial charge in [0.2, 0.25) is 35.7 Å². The summed E-state index contributed by atoms with van der Waals surface area (Å²) in [5.41, 5.74) is 5.68. The van der Waals surface area contributed by atoms with Crippen LogP contribution < -0.4 is 32.3 Å². The summed E-state index contributed by atoms with van der Waals surface area (Å²) in [6.45, 7) is 3.35. The van der Waals surface area contributed by atoms with E-state index < -0.39 is 0 Å². The Morgan fingerprint density at radius 3 is 1.22 bits per heavy atom. The Balaban J connectivity index is 1.75. The number of anilines is 6. The van der Waals surface area contributed by atoms with E-state index in [1.54, 1.807) is 7.05 Å². The fourth-order valence-corrected chi connectivity index (χ4v) is 3.25. The standard InChI is InChI=1S/C22H42N12O2/c1-24-18-29-17(23)30-19(31-18)25-11-5-2-6-12-26-20-32-21(27-13-7-3-9-15-35)34-22(33-20)28-14-8-4-10-16-36/h35-36H,2-16H2,1H3,(H4,23,24,25,29,30,31)(H3,26,27,28,32,33,34). The summed E-state index contributed by atoms with van der Waals surface area (Å²) in [6, 6.07) is 0. The van der Waals surface area contributed by atoms with Gasteiger partial charge >= 0.3 is 0 Å². The van der Waals surface area contributed by atoms with Crippen molar-refractivity contribution >= 4 is 35.7 Å². The van der Waals surface area contributed by atoms with Crippen molar-refractivity contribution in [3.8, 4) is 0 Å². The summed E-state index contributed by atoms with van der Waals surface area (Å²) in [6.07, 6.45) is 8.23. The molecule has 9 N–H and O–H groups in total. The molecule has 14 heteroatoms. The van der Waals surface area contributed by atoms with Gasteiger partial charge in [0.25, 0.3) is 0 Å². The van der Waals surface area contributed by atoms with Crippen LogP contribution in [0.5, 0.6) is 0 Å². The number of nitrogen functional groups attached to an aromatic ring is 1. The van der Waals surface area contributed by atoms with E-state index in [1.165, 1.54) is 0 Å². The van der Waals surface area contributed by atoms with Gasteiger partial charge in [0.1, 0.15) is 0 Å². The summed E-state index contributed by atoms with van der Waals surface area (Å²) >= 11 is 0. The first-order valence-corrected chi connectivity index (χ1v) is 12.8. The van der Waals surface area contributed by atoms with Gasteiger partial charge in [-0.05, 0) is 57.8 Å². The molecule has 202 valence electrons. The molecule has 14 nitrogen and oxygen atoms in total. The molecule has 0 aromatic carbocycles. The lowest BCUT2D eigenvalue weighted by Gasteiger charge is -2.11. The summed E-state index contributed by atoms with van der Waals surface area (Å²) in [4.78, 5) is 25.7. The normalized spacial score (nSPS) is 10.8. The summed E-state index contributed by atoms with van der Waals surface area (Å²) in [7, 11) is 1.73. The molecule has 0 unspecified atom stereocenters. The van der Waals surface area contributed by atoms with Crippen molar-refractivity contribution in [3.05, 3.63) is 0 Å². The van der Waals surface area contributed by atoms with Crippen molar-refractivity contribution in [2.75, 3.05) is 78.8 Å². The molecule has 2 aromatic heterocycles. The fraction of sp³-hybridized carbons (Fsp3) is 0.727. The van der Waals surface area contributed by atoms with Crippen LogP contribution in [-0.2, 0) is 0 Å². The third-order valence-electron chi connectivity index (χ3n) is 5.17. The highest BCUT2D eigenvalue weighted by atomic mass is 16.3. The fourth-order valence-electron chi connectivity index (χ4n) is 3.25. The zero-order valence-electron chi connectivity index (χ0n) is 21.3. The number of nitrogens with one attached hydrogen (secondary N) is 5. The van der Waals surface area contributed by atoms with Crippen LogP contribution in [0.4, 0.5) is 35.7 Å². The Bertz CT molecular complexity index is 826. The van der Waals surface area contributed by atoms with E-state index in [9.17, 15) is 0 Å². The van der Waals surface area contributed by atoms with Crippen molar-refractivity contribution in [3.63, 3.8) is 0 Å². The second kappa shape index (κ2) is 18.1. The molecule has 0 aliphatic carbocycles. The molecule has 2 heterocycles. The molecule has 0 bridgehead atoms. The highest BCUT2D eigenvalue weighted by molar-refractivity contribution is 5.42. The van der Waals surface area contributed by atoms with Gasteiger partial charge in [-0.3, -0.25) is 0 Å². The van der Waals surface area contributed by atoms with Crippen molar-refractivity contribution < 1.29 is 10.2 Å². The third-order valence-corrected chi connectivity index (χ3v) is 5.17. The van der Waals surface area contributed by atoms with Crippen LogP contribution in [0.2, 0.25) is 0 Å². The van der Waals surface area contributed by atoms with Crippen LogP contribution in [0, 0.1) is 0 Å². The zero-order valence-corrected chi connectivity index (χ0v) is 21.3. The number of aromatic nitrogens is 6. The molecule has 36 heavy (non-hydrogen) atoms. The Hall–Kier alpha value is -3.26. The van der Waals surface area contributed by atoms with Gasteiger partial charge in [-0.15, -0.1) is 0 Å². The maximum Gasteiger partial charge on any atom is 0.229 e. The van der Waals surface area contributed by atoms with Gasteiger partial charge in [-0.1, -0.05) is 0 Å². The smallest absolute Gasteiger partial charge is 0.229 e. The number of aliphatic hydroxyl groups excluding tert-OH is 2. The van der Waals surface area contributed by atoms with E-state index in [2.05, 4.69) is 56.5 Å². The minimum Gasteiger partial charge on any atom is -0.396 e. The maximum atomic E-state index is 8.92. The van der Waals surface area contributed by atoms with Crippen LogP contribution in [0.1, 0.15) is 57.8 Å². The molecule has 2 aromatic rings. The predicted octanol–water partition coefficient (Wildman–Crippen LogP) is 1.52. The molecule has 0 spiro atoms. The van der Waals surface area contributed by atoms with Crippen molar-refractivity contribution in [1.29, 1.82) is 0 Å². The number of rotatable bonds is 21. The second-order valence-electron chi connectivity index (χ2n) is 8.23. The van der Waals surface area contributed by atoms with Crippen LogP contribution >= 0.6 is 0 Å².